The van der Waals surface area contributed by atoms with E-state index in [9.17, 15) is 45.6 Å². The van der Waals surface area contributed by atoms with Crippen molar-refractivity contribution in [3.8, 4) is 0 Å². The van der Waals surface area contributed by atoms with Crippen LogP contribution in [0.15, 0.2) is 12.2 Å². The third-order valence-electron chi connectivity index (χ3n) is 10.5. The molecule has 2 rings (SSSR count). The van der Waals surface area contributed by atoms with Crippen LogP contribution in [0.1, 0.15) is 142 Å². The van der Waals surface area contributed by atoms with Crippen molar-refractivity contribution in [1.82, 2.24) is 5.32 Å². The standard InChI is InChI=1S/C40H75NO13/c1-3-5-7-9-11-13-15-17-19-21-23-29(44)28(41-32(45)24-22-20-18-16-14-12-10-8-6-4-2)27-51-39-37(50)35(48)38(31(26-43)53-39)54-40-36(49)34(47)33(46)30(25-42)52-40/h21,23,28-31,33-40,42-44,46-50H,3-20,22,24-27H2,1-2H3,(H,41,45)/b23-21+/t28-,29+,30+,31+,33-,34?,35?,36?,37?,38+,39+,40-/m0/s1. The molecule has 2 heterocycles. The fourth-order valence-electron chi connectivity index (χ4n) is 6.94. The number of carbonyl (C=O) groups is 1. The van der Waals surface area contributed by atoms with Crippen molar-refractivity contribution in [3.63, 3.8) is 0 Å². The SMILES string of the molecule is CCCCCCCCCC/C=C/[C@@H](O)[C@H](CO[C@@H]1O[C@H](CO)[C@@H](O[C@@H]2O[C@H](CO)[C@H](O)C(O)C2O)C(O)C1O)NC(=O)CCCCCCCCCCCC. The molecule has 2 saturated heterocycles. The zero-order valence-corrected chi connectivity index (χ0v) is 33.0. The van der Waals surface area contributed by atoms with Gasteiger partial charge in [0.1, 0.15) is 48.8 Å². The number of aliphatic hydroxyl groups is 8. The van der Waals surface area contributed by atoms with E-state index < -0.39 is 86.8 Å². The lowest BCUT2D eigenvalue weighted by molar-refractivity contribution is -0.359. The molecule has 54 heavy (non-hydrogen) atoms. The molecule has 2 aliphatic heterocycles. The Balaban J connectivity index is 1.95. The van der Waals surface area contributed by atoms with Gasteiger partial charge in [-0.2, -0.15) is 0 Å². The number of aliphatic hydroxyl groups excluding tert-OH is 8. The average molecular weight is 778 g/mol. The van der Waals surface area contributed by atoms with E-state index >= 15 is 0 Å². The minimum Gasteiger partial charge on any atom is -0.394 e. The van der Waals surface area contributed by atoms with Crippen LogP contribution in [-0.4, -0.2) is 140 Å². The van der Waals surface area contributed by atoms with Gasteiger partial charge in [0.25, 0.3) is 0 Å². The maximum absolute atomic E-state index is 13.0. The number of carbonyl (C=O) groups excluding carboxylic acids is 1. The second kappa shape index (κ2) is 29.0. The van der Waals surface area contributed by atoms with Crippen molar-refractivity contribution >= 4 is 5.91 Å². The number of ether oxygens (including phenoxy) is 4. The van der Waals surface area contributed by atoms with Crippen LogP contribution >= 0.6 is 0 Å². The summed E-state index contributed by atoms with van der Waals surface area (Å²) in [6.45, 7) is 2.71. The summed E-state index contributed by atoms with van der Waals surface area (Å²) in [7, 11) is 0. The van der Waals surface area contributed by atoms with Crippen LogP contribution in [0.25, 0.3) is 0 Å². The van der Waals surface area contributed by atoms with E-state index in [4.69, 9.17) is 18.9 Å². The molecule has 0 aromatic carbocycles. The molecule has 0 aliphatic carbocycles. The number of amides is 1. The average Bonchev–Trinajstić information content (AvgIpc) is 3.17. The van der Waals surface area contributed by atoms with Crippen molar-refractivity contribution < 1.29 is 64.6 Å². The van der Waals surface area contributed by atoms with Gasteiger partial charge < -0.3 is 65.1 Å². The summed E-state index contributed by atoms with van der Waals surface area (Å²) < 4.78 is 22.5. The summed E-state index contributed by atoms with van der Waals surface area (Å²) >= 11 is 0. The van der Waals surface area contributed by atoms with Gasteiger partial charge in [0.15, 0.2) is 12.6 Å². The molecule has 0 spiro atoms. The Morgan fingerprint density at radius 1 is 0.648 bits per heavy atom. The van der Waals surface area contributed by atoms with Crippen molar-refractivity contribution in [2.75, 3.05) is 19.8 Å². The Labute approximate surface area is 323 Å². The Hall–Kier alpha value is -1.27. The fraction of sp³-hybridized carbons (Fsp3) is 0.925. The monoisotopic (exact) mass is 778 g/mol. The molecule has 4 unspecified atom stereocenters. The first-order valence-electron chi connectivity index (χ1n) is 20.9. The summed E-state index contributed by atoms with van der Waals surface area (Å²) in [5.41, 5.74) is 0. The second-order valence-electron chi connectivity index (χ2n) is 15.1. The zero-order chi connectivity index (χ0) is 39.7. The van der Waals surface area contributed by atoms with Gasteiger partial charge in [0, 0.05) is 6.42 Å². The fourth-order valence-corrected chi connectivity index (χ4v) is 6.94. The number of allylic oxidation sites excluding steroid dienone is 1. The molecule has 0 saturated carbocycles. The van der Waals surface area contributed by atoms with Gasteiger partial charge in [-0.05, 0) is 19.3 Å². The second-order valence-corrected chi connectivity index (χ2v) is 15.1. The zero-order valence-electron chi connectivity index (χ0n) is 33.0. The van der Waals surface area contributed by atoms with Crippen LogP contribution in [0.5, 0.6) is 0 Å². The summed E-state index contributed by atoms with van der Waals surface area (Å²) in [6, 6.07) is -0.904. The Bertz CT molecular complexity index is 972. The maximum Gasteiger partial charge on any atom is 0.220 e. The number of hydrogen-bond donors (Lipinski definition) is 9. The number of rotatable bonds is 30. The van der Waals surface area contributed by atoms with Gasteiger partial charge in [-0.3, -0.25) is 4.79 Å². The van der Waals surface area contributed by atoms with Gasteiger partial charge >= 0.3 is 0 Å². The van der Waals surface area contributed by atoms with Crippen LogP contribution in [0.4, 0.5) is 0 Å². The number of nitrogens with one attached hydrogen (secondary N) is 1. The van der Waals surface area contributed by atoms with Crippen molar-refractivity contribution in [3.05, 3.63) is 12.2 Å². The molecule has 0 aromatic rings. The molecule has 0 bridgehead atoms. The molecule has 9 N–H and O–H groups in total. The summed E-state index contributed by atoms with van der Waals surface area (Å²) in [4.78, 5) is 13.0. The summed E-state index contributed by atoms with van der Waals surface area (Å²) in [5, 5.41) is 86.1. The van der Waals surface area contributed by atoms with Crippen LogP contribution in [0, 0.1) is 0 Å². The molecule has 0 aromatic heterocycles. The van der Waals surface area contributed by atoms with Gasteiger partial charge in [-0.15, -0.1) is 0 Å². The van der Waals surface area contributed by atoms with Crippen molar-refractivity contribution in [2.45, 2.75) is 216 Å². The van der Waals surface area contributed by atoms with Gasteiger partial charge in [-0.25, -0.2) is 0 Å². The van der Waals surface area contributed by atoms with Crippen LogP contribution in [-0.2, 0) is 23.7 Å². The molecule has 14 nitrogen and oxygen atoms in total. The van der Waals surface area contributed by atoms with E-state index in [0.717, 1.165) is 38.5 Å². The van der Waals surface area contributed by atoms with E-state index in [0.29, 0.717) is 6.42 Å². The normalized spacial score (nSPS) is 30.1. The molecule has 2 fully saturated rings. The highest BCUT2D eigenvalue weighted by Gasteiger charge is 2.50. The third kappa shape index (κ3) is 17.9. The topological polar surface area (TPSA) is 228 Å². The lowest BCUT2D eigenvalue weighted by Crippen LogP contribution is -2.65. The predicted octanol–water partition coefficient (Wildman–Crippen LogP) is 2.87. The maximum atomic E-state index is 13.0. The van der Waals surface area contributed by atoms with E-state index in [2.05, 4.69) is 19.2 Å². The highest BCUT2D eigenvalue weighted by Crippen LogP contribution is 2.30. The first kappa shape index (κ1) is 48.9. The van der Waals surface area contributed by atoms with Crippen molar-refractivity contribution in [1.29, 1.82) is 0 Å². The molecule has 0 radical (unpaired) electrons. The molecule has 1 amide bonds. The Kier molecular flexibility index (Phi) is 26.3. The lowest BCUT2D eigenvalue weighted by atomic mass is 9.97. The van der Waals surface area contributed by atoms with Crippen LogP contribution in [0.3, 0.4) is 0 Å². The van der Waals surface area contributed by atoms with Crippen molar-refractivity contribution in [2.24, 2.45) is 0 Å². The molecule has 14 heteroatoms. The van der Waals surface area contributed by atoms with E-state index in [1.54, 1.807) is 6.08 Å². The smallest absolute Gasteiger partial charge is 0.220 e. The van der Waals surface area contributed by atoms with Crippen LogP contribution < -0.4 is 5.32 Å². The van der Waals surface area contributed by atoms with E-state index in [-0.39, 0.29) is 18.9 Å². The quantitative estimate of drug-likeness (QED) is 0.0378. The number of hydrogen-bond acceptors (Lipinski definition) is 13. The predicted molar refractivity (Wildman–Crippen MR) is 203 cm³/mol. The number of unbranched alkanes of at least 4 members (excludes halogenated alkanes) is 17. The molecule has 318 valence electrons. The Morgan fingerprint density at radius 2 is 1.15 bits per heavy atom. The first-order chi connectivity index (χ1) is 26.1. The van der Waals surface area contributed by atoms with Gasteiger partial charge in [-0.1, -0.05) is 129 Å². The molecular weight excluding hydrogens is 702 g/mol. The Morgan fingerprint density at radius 3 is 1.70 bits per heavy atom. The molecule has 12 atom stereocenters. The van der Waals surface area contributed by atoms with E-state index in [1.807, 2.05) is 6.08 Å². The van der Waals surface area contributed by atoms with Gasteiger partial charge in [0.2, 0.25) is 5.91 Å². The minimum atomic E-state index is -1.78. The highest BCUT2D eigenvalue weighted by atomic mass is 16.7. The highest BCUT2D eigenvalue weighted by molar-refractivity contribution is 5.76. The molecule has 2 aliphatic rings. The summed E-state index contributed by atoms with van der Waals surface area (Å²) in [5.74, 6) is -0.245. The molecular formula is C40H75NO13. The first-order valence-corrected chi connectivity index (χ1v) is 20.9. The third-order valence-corrected chi connectivity index (χ3v) is 10.5. The largest absolute Gasteiger partial charge is 0.394 e. The van der Waals surface area contributed by atoms with E-state index in [1.165, 1.54) is 77.0 Å². The van der Waals surface area contributed by atoms with Crippen LogP contribution in [0.2, 0.25) is 0 Å². The lowest BCUT2D eigenvalue weighted by Gasteiger charge is -2.46. The summed E-state index contributed by atoms with van der Waals surface area (Å²) in [6.07, 6.45) is 8.50. The van der Waals surface area contributed by atoms with Gasteiger partial charge in [0.05, 0.1) is 32.0 Å². The minimum absolute atomic E-state index is 0.245.